The zero-order chi connectivity index (χ0) is 24.2. The fraction of sp³-hybridized carbons (Fsp3) is 0.379. The second-order valence-electron chi connectivity index (χ2n) is 9.35. The molecule has 1 amide bonds. The summed E-state index contributed by atoms with van der Waals surface area (Å²) in [4.78, 5) is 25.8. The van der Waals surface area contributed by atoms with Gasteiger partial charge in [-0.2, -0.15) is 0 Å². The van der Waals surface area contributed by atoms with E-state index in [1.54, 1.807) is 6.92 Å². The number of amides is 1. The van der Waals surface area contributed by atoms with Gasteiger partial charge >= 0.3 is 5.97 Å². The van der Waals surface area contributed by atoms with Gasteiger partial charge in [0.1, 0.15) is 0 Å². The lowest BCUT2D eigenvalue weighted by Crippen LogP contribution is -2.43. The number of nitrogens with zero attached hydrogens (tertiary/aromatic N) is 1. The van der Waals surface area contributed by atoms with Crippen LogP contribution in [-0.4, -0.2) is 29.1 Å². The molecular formula is C29H34N2O3. The third-order valence-corrected chi connectivity index (χ3v) is 7.20. The van der Waals surface area contributed by atoms with E-state index in [4.69, 9.17) is 4.74 Å². The molecule has 1 fully saturated rings. The molecule has 34 heavy (non-hydrogen) atoms. The summed E-state index contributed by atoms with van der Waals surface area (Å²) in [5.41, 5.74) is 4.64. The van der Waals surface area contributed by atoms with Gasteiger partial charge in [-0.25, -0.2) is 4.79 Å². The molecule has 178 valence electrons. The van der Waals surface area contributed by atoms with Crippen LogP contribution >= 0.6 is 0 Å². The van der Waals surface area contributed by atoms with E-state index in [-0.39, 0.29) is 17.9 Å². The van der Waals surface area contributed by atoms with Crippen LogP contribution in [0.25, 0.3) is 16.9 Å². The van der Waals surface area contributed by atoms with Gasteiger partial charge < -0.3 is 14.6 Å². The Hall–Kier alpha value is -3.34. The van der Waals surface area contributed by atoms with Crippen molar-refractivity contribution in [3.63, 3.8) is 0 Å². The molecule has 0 unspecified atom stereocenters. The van der Waals surface area contributed by atoms with Crippen LogP contribution in [0.5, 0.6) is 0 Å². The van der Waals surface area contributed by atoms with E-state index in [9.17, 15) is 9.59 Å². The van der Waals surface area contributed by atoms with Crippen LogP contribution in [-0.2, 0) is 4.74 Å². The van der Waals surface area contributed by atoms with E-state index in [0.717, 1.165) is 35.5 Å². The lowest BCUT2D eigenvalue weighted by Gasteiger charge is -2.34. The van der Waals surface area contributed by atoms with Gasteiger partial charge in [0.15, 0.2) is 0 Å². The summed E-state index contributed by atoms with van der Waals surface area (Å²) in [6, 6.07) is 19.6. The van der Waals surface area contributed by atoms with Crippen LogP contribution in [0.4, 0.5) is 0 Å². The molecule has 3 atom stereocenters. The molecule has 1 aliphatic carbocycles. The quantitative estimate of drug-likeness (QED) is 0.449. The molecule has 1 saturated carbocycles. The molecule has 5 nitrogen and oxygen atoms in total. The maximum atomic E-state index is 13.2. The molecule has 1 aromatic heterocycles. The number of hydrogen-bond donors (Lipinski definition) is 1. The minimum absolute atomic E-state index is 0.0514. The van der Waals surface area contributed by atoms with Crippen molar-refractivity contribution in [3.8, 4) is 16.9 Å². The van der Waals surface area contributed by atoms with Crippen LogP contribution < -0.4 is 5.32 Å². The molecule has 4 rings (SSSR count). The van der Waals surface area contributed by atoms with E-state index in [2.05, 4.69) is 19.2 Å². The van der Waals surface area contributed by atoms with Gasteiger partial charge in [-0.3, -0.25) is 4.79 Å². The molecule has 1 heterocycles. The lowest BCUT2D eigenvalue weighted by molar-refractivity contribution is 0.0525. The van der Waals surface area contributed by atoms with Crippen molar-refractivity contribution < 1.29 is 14.3 Å². The summed E-state index contributed by atoms with van der Waals surface area (Å²) in [5, 5.41) is 3.27. The van der Waals surface area contributed by atoms with E-state index in [1.807, 2.05) is 72.2 Å². The van der Waals surface area contributed by atoms with Gasteiger partial charge in [0.2, 0.25) is 0 Å². The molecule has 0 aliphatic heterocycles. The Morgan fingerprint density at radius 3 is 2.53 bits per heavy atom. The molecule has 5 heteroatoms. The Kier molecular flexibility index (Phi) is 7.20. The molecule has 0 saturated heterocycles. The number of esters is 1. The first-order valence-electron chi connectivity index (χ1n) is 12.3. The minimum Gasteiger partial charge on any atom is -0.462 e. The van der Waals surface area contributed by atoms with Crippen LogP contribution in [0.15, 0.2) is 60.7 Å². The first-order valence-corrected chi connectivity index (χ1v) is 12.3. The highest BCUT2D eigenvalue weighted by Gasteiger charge is 2.28. The van der Waals surface area contributed by atoms with Crippen molar-refractivity contribution in [1.29, 1.82) is 0 Å². The number of carbonyl (C=O) groups is 2. The Labute approximate surface area is 202 Å². The highest BCUT2D eigenvalue weighted by Crippen LogP contribution is 2.31. The van der Waals surface area contributed by atoms with E-state index < -0.39 is 0 Å². The standard InChI is InChI=1S/C29H34N2O3/c1-5-34-29(33)25-18-27(22-12-7-6-8-13-22)31(21(25)4)24-15-10-14-23(17-24)28(32)30-26-16-9-11-19(2)20(26)3/h6-8,10,12-15,17-20,26H,5,9,11,16H2,1-4H3,(H,30,32)/t19-,20+,26-/m1/s1. The van der Waals surface area contributed by atoms with Crippen molar-refractivity contribution in [1.82, 2.24) is 9.88 Å². The summed E-state index contributed by atoms with van der Waals surface area (Å²) in [5.74, 6) is 0.682. The number of benzene rings is 2. The second kappa shape index (κ2) is 10.3. The fourth-order valence-corrected chi connectivity index (χ4v) is 5.00. The Morgan fingerprint density at radius 2 is 1.79 bits per heavy atom. The van der Waals surface area contributed by atoms with Crippen LogP contribution in [0, 0.1) is 18.8 Å². The fourth-order valence-electron chi connectivity index (χ4n) is 5.00. The van der Waals surface area contributed by atoms with Gasteiger partial charge in [0, 0.05) is 23.0 Å². The number of ether oxygens (including phenoxy) is 1. The molecule has 0 radical (unpaired) electrons. The van der Waals surface area contributed by atoms with Gasteiger partial charge in [-0.1, -0.05) is 63.1 Å². The SMILES string of the molecule is CCOC(=O)c1cc(-c2ccccc2)n(-c2cccc(C(=O)N[C@@H]3CCC[C@@H](C)[C@@H]3C)c2)c1C. The third kappa shape index (κ3) is 4.79. The topological polar surface area (TPSA) is 60.3 Å². The van der Waals surface area contributed by atoms with Crippen molar-refractivity contribution in [2.45, 2.75) is 53.0 Å². The average Bonchev–Trinajstić information content (AvgIpc) is 3.20. The Morgan fingerprint density at radius 1 is 1.03 bits per heavy atom. The number of carbonyl (C=O) groups excluding carboxylic acids is 2. The van der Waals surface area contributed by atoms with Gasteiger partial charge in [0.25, 0.3) is 5.91 Å². The lowest BCUT2D eigenvalue weighted by atomic mass is 9.78. The van der Waals surface area contributed by atoms with E-state index >= 15 is 0 Å². The van der Waals surface area contributed by atoms with Crippen molar-refractivity contribution >= 4 is 11.9 Å². The molecule has 2 aromatic carbocycles. The molecule has 1 aliphatic rings. The van der Waals surface area contributed by atoms with Crippen LogP contribution in [0.1, 0.15) is 66.4 Å². The normalized spacial score (nSPS) is 20.1. The van der Waals surface area contributed by atoms with Crippen LogP contribution in [0.3, 0.4) is 0 Å². The molecule has 0 bridgehead atoms. The summed E-state index contributed by atoms with van der Waals surface area (Å²) in [7, 11) is 0. The number of hydrogen-bond acceptors (Lipinski definition) is 3. The minimum atomic E-state index is -0.342. The van der Waals surface area contributed by atoms with Gasteiger partial charge in [0.05, 0.1) is 17.9 Å². The number of rotatable bonds is 6. The first-order chi connectivity index (χ1) is 16.4. The highest BCUT2D eigenvalue weighted by atomic mass is 16.5. The number of aromatic nitrogens is 1. The zero-order valence-corrected chi connectivity index (χ0v) is 20.5. The van der Waals surface area contributed by atoms with Gasteiger partial charge in [-0.05, 0) is 61.9 Å². The predicted molar refractivity (Wildman–Crippen MR) is 135 cm³/mol. The predicted octanol–water partition coefficient (Wildman–Crippen LogP) is 6.18. The molecule has 1 N–H and O–H groups in total. The highest BCUT2D eigenvalue weighted by molar-refractivity contribution is 5.96. The Bertz CT molecular complexity index is 1170. The summed E-state index contributed by atoms with van der Waals surface area (Å²) in [6.07, 6.45) is 3.39. The maximum absolute atomic E-state index is 13.2. The molecule has 3 aromatic rings. The van der Waals surface area contributed by atoms with Crippen molar-refractivity contribution in [2.24, 2.45) is 11.8 Å². The summed E-state index contributed by atoms with van der Waals surface area (Å²) < 4.78 is 7.33. The largest absolute Gasteiger partial charge is 0.462 e. The van der Waals surface area contributed by atoms with Crippen molar-refractivity contribution in [3.05, 3.63) is 77.5 Å². The van der Waals surface area contributed by atoms with Gasteiger partial charge in [-0.15, -0.1) is 0 Å². The van der Waals surface area contributed by atoms with E-state index in [0.29, 0.717) is 29.6 Å². The molecular weight excluding hydrogens is 424 g/mol. The van der Waals surface area contributed by atoms with E-state index in [1.165, 1.54) is 6.42 Å². The second-order valence-corrected chi connectivity index (χ2v) is 9.35. The van der Waals surface area contributed by atoms with Crippen LogP contribution in [0.2, 0.25) is 0 Å². The maximum Gasteiger partial charge on any atom is 0.339 e. The van der Waals surface area contributed by atoms with Crippen molar-refractivity contribution in [2.75, 3.05) is 6.61 Å². The summed E-state index contributed by atoms with van der Waals surface area (Å²) >= 11 is 0. The molecule has 0 spiro atoms. The smallest absolute Gasteiger partial charge is 0.339 e. The average molecular weight is 459 g/mol. The number of nitrogens with one attached hydrogen (secondary N) is 1. The first kappa shape index (κ1) is 23.8. The third-order valence-electron chi connectivity index (χ3n) is 7.20. The zero-order valence-electron chi connectivity index (χ0n) is 20.5. The monoisotopic (exact) mass is 458 g/mol. The Balaban J connectivity index is 1.71. The summed E-state index contributed by atoms with van der Waals surface area (Å²) in [6.45, 7) is 8.54.